The van der Waals surface area contributed by atoms with Crippen molar-refractivity contribution in [3.8, 4) is 27.9 Å². The second-order valence-electron chi connectivity index (χ2n) is 17.3. The van der Waals surface area contributed by atoms with Gasteiger partial charge in [-0.2, -0.15) is 0 Å². The minimum atomic E-state index is -0.391. The van der Waals surface area contributed by atoms with Crippen LogP contribution in [0.5, 0.6) is 0 Å². The van der Waals surface area contributed by atoms with E-state index in [1.54, 1.807) is 0 Å². The van der Waals surface area contributed by atoms with E-state index >= 15 is 0 Å². The smallest absolute Gasteiger partial charge is 0.145 e. The molecule has 0 N–H and O–H groups in total. The van der Waals surface area contributed by atoms with E-state index in [0.29, 0.717) is 0 Å². The lowest BCUT2D eigenvalue weighted by Gasteiger charge is -2.37. The molecule has 13 rings (SSSR count). The molecule has 10 aromatic rings. The van der Waals surface area contributed by atoms with Crippen molar-refractivity contribution in [2.24, 2.45) is 5.92 Å². The highest BCUT2D eigenvalue weighted by atomic mass is 15.1. The molecule has 2 atom stereocenters. The maximum atomic E-state index is 4.89. The summed E-state index contributed by atoms with van der Waals surface area (Å²) in [5.74, 6) is 0.349. The largest absolute Gasteiger partial charge is 0.295 e. The quantitative estimate of drug-likeness (QED) is 0.157. The van der Waals surface area contributed by atoms with Crippen LogP contribution in [0.25, 0.3) is 83.1 Å². The van der Waals surface area contributed by atoms with Gasteiger partial charge in [-0.3, -0.25) is 9.13 Å². The van der Waals surface area contributed by atoms with Crippen molar-refractivity contribution in [2.45, 2.75) is 18.3 Å². The number of hydrogen-bond acceptors (Lipinski definition) is 2. The Kier molecular flexibility index (Phi) is 7.98. The van der Waals surface area contributed by atoms with E-state index in [4.69, 9.17) is 9.97 Å². The van der Waals surface area contributed by atoms with Crippen LogP contribution >= 0.6 is 0 Å². The Labute approximate surface area is 371 Å². The predicted octanol–water partition coefficient (Wildman–Crippen LogP) is 14.6. The average Bonchev–Trinajstić information content (AvgIpc) is 4.05. The van der Waals surface area contributed by atoms with E-state index in [1.807, 2.05) is 55.8 Å². The normalized spacial score (nSPS) is 16.9. The molecule has 4 nitrogen and oxygen atoms in total. The second kappa shape index (κ2) is 14.0. The maximum absolute atomic E-state index is 4.89. The highest BCUT2D eigenvalue weighted by Crippen LogP contribution is 2.66. The molecule has 0 fully saturated rings. The zero-order valence-electron chi connectivity index (χ0n) is 35.4. The molecule has 0 saturated carbocycles. The van der Waals surface area contributed by atoms with Crippen LogP contribution in [0.1, 0.15) is 40.7 Å². The number of benzene rings is 6. The molecule has 6 aromatic carbocycles. The van der Waals surface area contributed by atoms with Crippen LogP contribution in [0.15, 0.2) is 219 Å². The summed E-state index contributed by atoms with van der Waals surface area (Å²) in [6, 6.07) is 58.4. The first-order chi connectivity index (χ1) is 31.6. The summed E-state index contributed by atoms with van der Waals surface area (Å²) >= 11 is 0. The van der Waals surface area contributed by atoms with Gasteiger partial charge in [0, 0.05) is 57.2 Å². The number of allylic oxidation sites excluding steroid dienone is 9. The molecule has 4 aromatic heterocycles. The van der Waals surface area contributed by atoms with Gasteiger partial charge in [-0.25, -0.2) is 9.97 Å². The van der Waals surface area contributed by atoms with Crippen molar-refractivity contribution in [3.63, 3.8) is 0 Å². The number of hydrogen-bond donors (Lipinski definition) is 0. The van der Waals surface area contributed by atoms with Crippen molar-refractivity contribution in [2.75, 3.05) is 0 Å². The van der Waals surface area contributed by atoms with Crippen molar-refractivity contribution in [3.05, 3.63) is 247 Å². The minimum absolute atomic E-state index is 0.148. The van der Waals surface area contributed by atoms with Crippen LogP contribution in [-0.2, 0) is 5.41 Å². The molecule has 0 saturated heterocycles. The van der Waals surface area contributed by atoms with Crippen LogP contribution in [-0.4, -0.2) is 19.1 Å². The summed E-state index contributed by atoms with van der Waals surface area (Å²) in [5.41, 5.74) is 18.8. The van der Waals surface area contributed by atoms with E-state index in [0.717, 1.165) is 44.5 Å². The number of nitrogens with zero attached hydrogens (tertiary/aromatic N) is 4. The van der Waals surface area contributed by atoms with Crippen LogP contribution in [0.4, 0.5) is 0 Å². The zero-order chi connectivity index (χ0) is 42.5. The van der Waals surface area contributed by atoms with Crippen LogP contribution < -0.4 is 0 Å². The van der Waals surface area contributed by atoms with Crippen molar-refractivity contribution in [1.29, 1.82) is 0 Å². The van der Waals surface area contributed by atoms with E-state index < -0.39 is 5.41 Å². The Morgan fingerprint density at radius 2 is 1.23 bits per heavy atom. The topological polar surface area (TPSA) is 35.6 Å². The highest BCUT2D eigenvalue weighted by Gasteiger charge is 2.57. The molecule has 1 spiro atoms. The highest BCUT2D eigenvalue weighted by molar-refractivity contribution is 6.11. The first kappa shape index (κ1) is 36.6. The summed E-state index contributed by atoms with van der Waals surface area (Å²) < 4.78 is 4.46. The Balaban J connectivity index is 0.991. The molecule has 0 radical (unpaired) electrons. The Morgan fingerprint density at radius 3 is 2.02 bits per heavy atom. The Morgan fingerprint density at radius 1 is 0.594 bits per heavy atom. The third-order valence-electron chi connectivity index (χ3n) is 14.2. The van der Waals surface area contributed by atoms with E-state index in [1.165, 1.54) is 66.4 Å². The summed E-state index contributed by atoms with van der Waals surface area (Å²) in [4.78, 5) is 9.75. The number of aromatic nitrogens is 4. The number of pyridine rings is 2. The van der Waals surface area contributed by atoms with Gasteiger partial charge in [-0.15, -0.1) is 0 Å². The van der Waals surface area contributed by atoms with E-state index in [2.05, 4.69) is 180 Å². The zero-order valence-corrected chi connectivity index (χ0v) is 35.4. The van der Waals surface area contributed by atoms with Crippen LogP contribution in [0.2, 0.25) is 0 Å². The molecule has 2 unspecified atom stereocenters. The van der Waals surface area contributed by atoms with Gasteiger partial charge in [-0.1, -0.05) is 134 Å². The van der Waals surface area contributed by atoms with Gasteiger partial charge in [-0.05, 0) is 135 Å². The Bertz CT molecular complexity index is 3670. The standard InChI is InChI=1S/C60H42N4/c1-3-4-6-15-38(2)63-56-30-26-39(34-50(56)48-20-13-32-61-58(48)63)41-24-28-46-47-29-25-42(37-55(47)60(54(46)36-41)52-22-11-9-18-44(52)45-19-10-12-23-53(45)60)40-27-31-57-51(35-40)49-21-14-33-62-59(49)64(57)43-16-7-5-8-17-43/h3-37,46,54H,2H2,1H3/b4-3-,15-6-. The average molecular weight is 819 g/mol. The molecule has 4 heterocycles. The summed E-state index contributed by atoms with van der Waals surface area (Å²) in [6.07, 6.45) is 19.3. The van der Waals surface area contributed by atoms with Gasteiger partial charge in [0.05, 0.1) is 16.4 Å². The van der Waals surface area contributed by atoms with E-state index in [-0.39, 0.29) is 11.8 Å². The fourth-order valence-electron chi connectivity index (χ4n) is 11.6. The molecule has 3 aliphatic carbocycles. The molecular weight excluding hydrogens is 777 g/mol. The van der Waals surface area contributed by atoms with Crippen LogP contribution in [0, 0.1) is 5.92 Å². The molecular formula is C60H42N4. The van der Waals surface area contributed by atoms with Crippen molar-refractivity contribution >= 4 is 55.1 Å². The molecule has 64 heavy (non-hydrogen) atoms. The fourth-order valence-corrected chi connectivity index (χ4v) is 11.6. The lowest BCUT2D eigenvalue weighted by Crippen LogP contribution is -2.33. The molecule has 3 aliphatic rings. The number of rotatable bonds is 6. The molecule has 0 aliphatic heterocycles. The fraction of sp³-hybridized carbons (Fsp3) is 0.0667. The molecule has 4 heteroatoms. The van der Waals surface area contributed by atoms with Gasteiger partial charge in [0.25, 0.3) is 0 Å². The lowest BCUT2D eigenvalue weighted by atomic mass is 9.64. The third kappa shape index (κ3) is 5.05. The van der Waals surface area contributed by atoms with Crippen LogP contribution in [0.3, 0.4) is 0 Å². The third-order valence-corrected chi connectivity index (χ3v) is 14.2. The number of para-hydroxylation sites is 1. The number of fused-ring (bicyclic) bond motifs is 16. The molecule has 302 valence electrons. The maximum Gasteiger partial charge on any atom is 0.145 e. The monoisotopic (exact) mass is 818 g/mol. The van der Waals surface area contributed by atoms with Gasteiger partial charge < -0.3 is 0 Å². The van der Waals surface area contributed by atoms with Crippen molar-refractivity contribution < 1.29 is 0 Å². The van der Waals surface area contributed by atoms with Gasteiger partial charge in [0.1, 0.15) is 11.3 Å². The lowest BCUT2D eigenvalue weighted by molar-refractivity contribution is 0.467. The summed E-state index contributed by atoms with van der Waals surface area (Å²) in [6.45, 7) is 6.48. The second-order valence-corrected chi connectivity index (χ2v) is 17.3. The molecule has 0 amide bonds. The first-order valence-corrected chi connectivity index (χ1v) is 22.2. The van der Waals surface area contributed by atoms with Gasteiger partial charge in [0.2, 0.25) is 0 Å². The summed E-state index contributed by atoms with van der Waals surface area (Å²) in [5, 5.41) is 4.64. The minimum Gasteiger partial charge on any atom is -0.295 e. The predicted molar refractivity (Wildman–Crippen MR) is 266 cm³/mol. The molecule has 0 bridgehead atoms. The SMILES string of the molecule is C=C(/C=C\C=C/C)n1c2ccc(C3=CC4C(C=C3)c3ccc(-c5ccc6c(c5)c5cccnc5n6-c5ccccc5)cc3C43c4ccccc4-c4ccccc43)cc2c2cccnc21. The van der Waals surface area contributed by atoms with Gasteiger partial charge in [0.15, 0.2) is 0 Å². The Hall–Kier alpha value is -8.08. The van der Waals surface area contributed by atoms with E-state index in [9.17, 15) is 0 Å². The van der Waals surface area contributed by atoms with Gasteiger partial charge >= 0.3 is 0 Å². The first-order valence-electron chi connectivity index (χ1n) is 22.2. The summed E-state index contributed by atoms with van der Waals surface area (Å²) in [7, 11) is 0. The van der Waals surface area contributed by atoms with Crippen molar-refractivity contribution in [1.82, 2.24) is 19.1 Å².